The van der Waals surface area contributed by atoms with E-state index in [0.717, 1.165) is 5.56 Å². The Labute approximate surface area is 152 Å². The Bertz CT molecular complexity index is 512. The van der Waals surface area contributed by atoms with Crippen LogP contribution in [0.15, 0.2) is 30.3 Å². The summed E-state index contributed by atoms with van der Waals surface area (Å²) in [7, 11) is 0. The van der Waals surface area contributed by atoms with E-state index in [1.807, 2.05) is 49.1 Å². The lowest BCUT2D eigenvalue weighted by molar-refractivity contribution is -0.125. The van der Waals surface area contributed by atoms with Crippen molar-refractivity contribution in [3.05, 3.63) is 35.9 Å². The number of hydrogen-bond acceptors (Lipinski definition) is 3. The third-order valence-corrected chi connectivity index (χ3v) is 4.25. The normalized spacial score (nSPS) is 24.2. The van der Waals surface area contributed by atoms with Crippen molar-refractivity contribution in [2.45, 2.75) is 42.4 Å². The van der Waals surface area contributed by atoms with Crippen LogP contribution in [0.3, 0.4) is 0 Å². The van der Waals surface area contributed by atoms with E-state index in [1.54, 1.807) is 0 Å². The number of carbonyl (C=O) groups is 1. The lowest BCUT2D eigenvalue weighted by Gasteiger charge is -2.42. The minimum atomic E-state index is -1.62. The van der Waals surface area contributed by atoms with Crippen molar-refractivity contribution < 1.29 is 9.53 Å². The summed E-state index contributed by atoms with van der Waals surface area (Å²) in [5, 5.41) is 2.85. The van der Waals surface area contributed by atoms with Gasteiger partial charge in [0.25, 0.3) is 0 Å². The van der Waals surface area contributed by atoms with E-state index in [2.05, 4.69) is 5.32 Å². The van der Waals surface area contributed by atoms with Crippen molar-refractivity contribution in [1.29, 1.82) is 0 Å². The van der Waals surface area contributed by atoms with Gasteiger partial charge in [-0.2, -0.15) is 0 Å². The van der Waals surface area contributed by atoms with Crippen LogP contribution in [0.25, 0.3) is 0 Å². The average Bonchev–Trinajstić information content (AvgIpc) is 2.43. The molecule has 0 bridgehead atoms. The Kier molecular flexibility index (Phi) is 6.57. The highest BCUT2D eigenvalue weighted by Gasteiger charge is 2.41. The van der Waals surface area contributed by atoms with E-state index in [1.165, 1.54) is 0 Å². The number of amides is 1. The van der Waals surface area contributed by atoms with E-state index in [9.17, 15) is 4.79 Å². The molecule has 1 amide bonds. The smallest absolute Gasteiger partial charge is 0.225 e. The molecule has 2 rings (SSSR count). The molecule has 1 heterocycles. The minimum absolute atomic E-state index is 0.0135. The highest BCUT2D eigenvalue weighted by atomic mass is 35.6. The van der Waals surface area contributed by atoms with Crippen LogP contribution >= 0.6 is 34.8 Å². The van der Waals surface area contributed by atoms with Crippen LogP contribution in [-0.4, -0.2) is 46.1 Å². The molecule has 3 atom stereocenters. The number of rotatable bonds is 4. The van der Waals surface area contributed by atoms with Crippen LogP contribution in [0.5, 0.6) is 0 Å². The molecule has 1 aliphatic rings. The second kappa shape index (κ2) is 8.04. The first-order chi connectivity index (χ1) is 10.8. The van der Waals surface area contributed by atoms with Gasteiger partial charge in [-0.1, -0.05) is 65.1 Å². The van der Waals surface area contributed by atoms with Gasteiger partial charge in [0.2, 0.25) is 9.70 Å². The van der Waals surface area contributed by atoms with Gasteiger partial charge >= 0.3 is 0 Å². The number of halogens is 3. The van der Waals surface area contributed by atoms with Gasteiger partial charge in [0, 0.05) is 13.1 Å². The maximum Gasteiger partial charge on any atom is 0.225 e. The van der Waals surface area contributed by atoms with Gasteiger partial charge in [0.1, 0.15) is 6.17 Å². The molecule has 3 unspecified atom stereocenters. The van der Waals surface area contributed by atoms with Crippen LogP contribution in [-0.2, 0) is 16.0 Å². The highest BCUT2D eigenvalue weighted by Crippen LogP contribution is 2.33. The molecular formula is C16H21Cl3N2O2. The molecule has 7 heteroatoms. The highest BCUT2D eigenvalue weighted by molar-refractivity contribution is 6.68. The Balaban J connectivity index is 2.05. The zero-order chi connectivity index (χ0) is 17.0. The number of morpholine rings is 1. The van der Waals surface area contributed by atoms with Crippen LogP contribution in [0.2, 0.25) is 0 Å². The van der Waals surface area contributed by atoms with Crippen molar-refractivity contribution in [3.63, 3.8) is 0 Å². The molecule has 23 heavy (non-hydrogen) atoms. The SMILES string of the molecule is CC1CN(C(NC(=O)Cc2ccccc2)C(Cl)(Cl)Cl)CC(C)O1. The van der Waals surface area contributed by atoms with Crippen molar-refractivity contribution in [1.82, 2.24) is 10.2 Å². The summed E-state index contributed by atoms with van der Waals surface area (Å²) >= 11 is 18.3. The summed E-state index contributed by atoms with van der Waals surface area (Å²) < 4.78 is 4.07. The van der Waals surface area contributed by atoms with Gasteiger partial charge in [-0.3, -0.25) is 9.69 Å². The van der Waals surface area contributed by atoms with Crippen LogP contribution < -0.4 is 5.32 Å². The summed E-state index contributed by atoms with van der Waals surface area (Å²) in [6.45, 7) is 5.11. The van der Waals surface area contributed by atoms with Gasteiger partial charge < -0.3 is 10.1 Å². The van der Waals surface area contributed by atoms with Gasteiger partial charge in [-0.05, 0) is 19.4 Å². The molecule has 4 nitrogen and oxygen atoms in total. The zero-order valence-corrected chi connectivity index (χ0v) is 15.4. The Morgan fingerprint density at radius 1 is 1.26 bits per heavy atom. The molecule has 1 saturated heterocycles. The van der Waals surface area contributed by atoms with Gasteiger partial charge in [-0.25, -0.2) is 0 Å². The molecule has 1 fully saturated rings. The summed E-state index contributed by atoms with van der Waals surface area (Å²) in [6, 6.07) is 9.47. The van der Waals surface area contributed by atoms with E-state index < -0.39 is 9.96 Å². The maximum atomic E-state index is 12.3. The molecule has 0 radical (unpaired) electrons. The van der Waals surface area contributed by atoms with E-state index in [4.69, 9.17) is 39.5 Å². The summed E-state index contributed by atoms with van der Waals surface area (Å²) in [5.41, 5.74) is 0.914. The van der Waals surface area contributed by atoms with Gasteiger partial charge in [0.15, 0.2) is 0 Å². The molecule has 0 aliphatic carbocycles. The third kappa shape index (κ3) is 5.80. The number of benzene rings is 1. The van der Waals surface area contributed by atoms with E-state index >= 15 is 0 Å². The fraction of sp³-hybridized carbons (Fsp3) is 0.562. The monoisotopic (exact) mass is 378 g/mol. The van der Waals surface area contributed by atoms with E-state index in [-0.39, 0.29) is 24.5 Å². The van der Waals surface area contributed by atoms with Crippen molar-refractivity contribution in [2.75, 3.05) is 13.1 Å². The fourth-order valence-corrected chi connectivity index (χ4v) is 3.37. The Morgan fingerprint density at radius 2 is 1.83 bits per heavy atom. The van der Waals surface area contributed by atoms with Crippen molar-refractivity contribution in [3.8, 4) is 0 Å². The summed E-state index contributed by atoms with van der Waals surface area (Å²) in [6.07, 6.45) is -0.426. The molecule has 0 aromatic heterocycles. The molecule has 0 saturated carbocycles. The first kappa shape index (κ1) is 18.8. The predicted octanol–water partition coefficient (Wildman–Crippen LogP) is 3.15. The lowest BCUT2D eigenvalue weighted by Crippen LogP contribution is -2.61. The topological polar surface area (TPSA) is 41.6 Å². The van der Waals surface area contributed by atoms with Crippen LogP contribution in [0.1, 0.15) is 19.4 Å². The fourth-order valence-electron chi connectivity index (χ4n) is 2.79. The van der Waals surface area contributed by atoms with Crippen molar-refractivity contribution >= 4 is 40.7 Å². The molecule has 1 aliphatic heterocycles. The molecule has 128 valence electrons. The number of hydrogen-bond donors (Lipinski definition) is 1. The number of nitrogens with one attached hydrogen (secondary N) is 1. The lowest BCUT2D eigenvalue weighted by atomic mass is 10.1. The third-order valence-electron chi connectivity index (χ3n) is 3.63. The van der Waals surface area contributed by atoms with Crippen LogP contribution in [0, 0.1) is 0 Å². The molecule has 1 aromatic rings. The number of nitrogens with zero attached hydrogens (tertiary/aromatic N) is 1. The van der Waals surface area contributed by atoms with E-state index in [0.29, 0.717) is 13.1 Å². The second-order valence-electron chi connectivity index (χ2n) is 5.89. The zero-order valence-electron chi connectivity index (χ0n) is 13.1. The summed E-state index contributed by atoms with van der Waals surface area (Å²) in [5.74, 6) is -0.181. The number of alkyl halides is 3. The maximum absolute atomic E-state index is 12.3. The quantitative estimate of drug-likeness (QED) is 0.817. The van der Waals surface area contributed by atoms with Gasteiger partial charge in [0.05, 0.1) is 18.6 Å². The predicted molar refractivity (Wildman–Crippen MR) is 93.9 cm³/mol. The number of ether oxygens (including phenoxy) is 1. The minimum Gasteiger partial charge on any atom is -0.373 e. The molecular weight excluding hydrogens is 359 g/mol. The standard InChI is InChI=1S/C16H21Cl3N2O2/c1-11-9-21(10-12(2)23-11)15(16(17,18)19)20-14(22)8-13-6-4-3-5-7-13/h3-7,11-12,15H,8-10H2,1-2H3,(H,20,22). The van der Waals surface area contributed by atoms with Gasteiger partial charge in [-0.15, -0.1) is 0 Å². The van der Waals surface area contributed by atoms with Crippen LogP contribution in [0.4, 0.5) is 0 Å². The molecule has 1 N–H and O–H groups in total. The average molecular weight is 380 g/mol. The first-order valence-electron chi connectivity index (χ1n) is 7.55. The Morgan fingerprint density at radius 3 is 2.35 bits per heavy atom. The number of carbonyl (C=O) groups excluding carboxylic acids is 1. The van der Waals surface area contributed by atoms with Crippen molar-refractivity contribution in [2.24, 2.45) is 0 Å². The Hall–Kier alpha value is -0.520. The molecule has 1 aromatic carbocycles. The molecule has 0 spiro atoms. The summed E-state index contributed by atoms with van der Waals surface area (Å²) in [4.78, 5) is 14.3. The first-order valence-corrected chi connectivity index (χ1v) is 8.68. The largest absolute Gasteiger partial charge is 0.373 e. The second-order valence-corrected chi connectivity index (χ2v) is 8.25.